The van der Waals surface area contributed by atoms with Crippen LogP contribution in [-0.2, 0) is 0 Å². The molecule has 0 unspecified atom stereocenters. The highest BCUT2D eigenvalue weighted by molar-refractivity contribution is 5.32. The predicted octanol–water partition coefficient (Wildman–Crippen LogP) is 2.42. The molecule has 0 spiro atoms. The van der Waals surface area contributed by atoms with E-state index in [1.807, 2.05) is 12.1 Å². The number of benzene rings is 1. The van der Waals surface area contributed by atoms with Gasteiger partial charge in [-0.2, -0.15) is 0 Å². The van der Waals surface area contributed by atoms with E-state index in [1.54, 1.807) is 0 Å². The van der Waals surface area contributed by atoms with Crippen molar-refractivity contribution in [3.8, 4) is 5.75 Å². The van der Waals surface area contributed by atoms with Crippen LogP contribution in [0, 0.1) is 13.8 Å². The summed E-state index contributed by atoms with van der Waals surface area (Å²) >= 11 is 0. The molecule has 0 fully saturated rings. The zero-order valence-electron chi connectivity index (χ0n) is 9.21. The van der Waals surface area contributed by atoms with E-state index in [-0.39, 0.29) is 6.04 Å². The van der Waals surface area contributed by atoms with Crippen LogP contribution < -0.4 is 10.5 Å². The van der Waals surface area contributed by atoms with Gasteiger partial charge in [-0.15, -0.1) is 0 Å². The third-order valence-corrected chi connectivity index (χ3v) is 2.18. The molecule has 78 valence electrons. The lowest BCUT2D eigenvalue weighted by Crippen LogP contribution is -2.26. The molecule has 2 N–H and O–H groups in total. The van der Waals surface area contributed by atoms with Crippen LogP contribution in [0.3, 0.4) is 0 Å². The number of hydrogen-bond donors (Lipinski definition) is 1. The average molecular weight is 193 g/mol. The Hall–Kier alpha value is -1.02. The van der Waals surface area contributed by atoms with Gasteiger partial charge in [0, 0.05) is 6.04 Å². The van der Waals surface area contributed by atoms with Gasteiger partial charge in [0.1, 0.15) is 12.4 Å². The summed E-state index contributed by atoms with van der Waals surface area (Å²) < 4.78 is 5.60. The van der Waals surface area contributed by atoms with Gasteiger partial charge in [0.25, 0.3) is 0 Å². The predicted molar refractivity (Wildman–Crippen MR) is 59.7 cm³/mol. The molecular formula is C12H19NO. The zero-order valence-corrected chi connectivity index (χ0v) is 9.21. The van der Waals surface area contributed by atoms with Gasteiger partial charge in [-0.3, -0.25) is 0 Å². The molecule has 0 aromatic heterocycles. The fourth-order valence-corrected chi connectivity index (χ4v) is 1.34. The normalized spacial score (nSPS) is 12.6. The van der Waals surface area contributed by atoms with Crippen LogP contribution in [0.25, 0.3) is 0 Å². The zero-order chi connectivity index (χ0) is 10.6. The Labute approximate surface area is 86.1 Å². The number of aryl methyl sites for hydroxylation is 2. The Morgan fingerprint density at radius 2 is 1.79 bits per heavy atom. The molecule has 2 nitrogen and oxygen atoms in total. The minimum Gasteiger partial charge on any atom is -0.492 e. The van der Waals surface area contributed by atoms with Crippen LogP contribution in [0.4, 0.5) is 0 Å². The maximum absolute atomic E-state index is 5.77. The van der Waals surface area contributed by atoms with Crippen LogP contribution in [0.1, 0.15) is 24.5 Å². The molecule has 0 saturated carbocycles. The van der Waals surface area contributed by atoms with Gasteiger partial charge < -0.3 is 10.5 Å². The molecule has 14 heavy (non-hydrogen) atoms. The molecule has 0 aliphatic heterocycles. The summed E-state index contributed by atoms with van der Waals surface area (Å²) in [4.78, 5) is 0. The van der Waals surface area contributed by atoms with Crippen molar-refractivity contribution in [2.24, 2.45) is 5.73 Å². The lowest BCUT2D eigenvalue weighted by Gasteiger charge is -2.12. The van der Waals surface area contributed by atoms with E-state index in [0.29, 0.717) is 6.61 Å². The van der Waals surface area contributed by atoms with Crippen molar-refractivity contribution >= 4 is 0 Å². The van der Waals surface area contributed by atoms with Crippen molar-refractivity contribution in [1.29, 1.82) is 0 Å². The molecule has 0 amide bonds. The van der Waals surface area contributed by atoms with Gasteiger partial charge in [-0.1, -0.05) is 13.0 Å². The van der Waals surface area contributed by atoms with Gasteiger partial charge in [0.2, 0.25) is 0 Å². The maximum Gasteiger partial charge on any atom is 0.119 e. The number of nitrogens with two attached hydrogens (primary N) is 1. The van der Waals surface area contributed by atoms with Crippen LogP contribution >= 0.6 is 0 Å². The van der Waals surface area contributed by atoms with Crippen molar-refractivity contribution in [2.75, 3.05) is 6.61 Å². The lowest BCUT2D eigenvalue weighted by molar-refractivity contribution is 0.285. The van der Waals surface area contributed by atoms with E-state index in [1.165, 1.54) is 11.1 Å². The first-order chi connectivity index (χ1) is 6.61. The summed E-state index contributed by atoms with van der Waals surface area (Å²) in [6.07, 6.45) is 0.949. The average Bonchev–Trinajstić information content (AvgIpc) is 2.12. The number of hydrogen-bond acceptors (Lipinski definition) is 2. The molecule has 0 aliphatic carbocycles. The summed E-state index contributed by atoms with van der Waals surface area (Å²) in [6, 6.07) is 6.34. The largest absolute Gasteiger partial charge is 0.492 e. The molecule has 1 rings (SSSR count). The Morgan fingerprint density at radius 1 is 1.21 bits per heavy atom. The van der Waals surface area contributed by atoms with E-state index in [0.717, 1.165) is 12.2 Å². The van der Waals surface area contributed by atoms with Crippen LogP contribution in [0.5, 0.6) is 5.75 Å². The third kappa shape index (κ3) is 3.38. The smallest absolute Gasteiger partial charge is 0.119 e. The van der Waals surface area contributed by atoms with E-state index in [2.05, 4.69) is 26.8 Å². The van der Waals surface area contributed by atoms with Crippen molar-refractivity contribution in [1.82, 2.24) is 0 Å². The van der Waals surface area contributed by atoms with Gasteiger partial charge >= 0.3 is 0 Å². The highest BCUT2D eigenvalue weighted by atomic mass is 16.5. The fraction of sp³-hybridized carbons (Fsp3) is 0.500. The van der Waals surface area contributed by atoms with Gasteiger partial charge in [0.15, 0.2) is 0 Å². The van der Waals surface area contributed by atoms with Crippen molar-refractivity contribution in [3.05, 3.63) is 29.3 Å². The molecule has 0 saturated heterocycles. The van der Waals surface area contributed by atoms with Gasteiger partial charge in [0.05, 0.1) is 0 Å². The van der Waals surface area contributed by atoms with Crippen LogP contribution in [0.2, 0.25) is 0 Å². The first-order valence-electron chi connectivity index (χ1n) is 5.08. The molecular weight excluding hydrogens is 174 g/mol. The highest BCUT2D eigenvalue weighted by Crippen LogP contribution is 2.16. The highest BCUT2D eigenvalue weighted by Gasteiger charge is 2.01. The molecule has 0 aliphatic rings. The van der Waals surface area contributed by atoms with Crippen molar-refractivity contribution < 1.29 is 4.74 Å². The van der Waals surface area contributed by atoms with Gasteiger partial charge in [-0.05, 0) is 43.5 Å². The molecule has 1 aromatic rings. The Morgan fingerprint density at radius 3 is 2.29 bits per heavy atom. The lowest BCUT2D eigenvalue weighted by atomic mass is 10.1. The quantitative estimate of drug-likeness (QED) is 0.797. The second kappa shape index (κ2) is 5.01. The van der Waals surface area contributed by atoms with Crippen molar-refractivity contribution in [3.63, 3.8) is 0 Å². The standard InChI is InChI=1S/C12H19NO/c1-4-11(13)8-14-12-6-9(2)5-10(3)7-12/h5-7,11H,4,8,13H2,1-3H3/t11-/m1/s1. The maximum atomic E-state index is 5.77. The summed E-state index contributed by atoms with van der Waals surface area (Å²) in [5, 5.41) is 0. The number of ether oxygens (including phenoxy) is 1. The van der Waals surface area contributed by atoms with E-state index in [4.69, 9.17) is 10.5 Å². The van der Waals surface area contributed by atoms with Gasteiger partial charge in [-0.25, -0.2) is 0 Å². The second-order valence-corrected chi connectivity index (χ2v) is 3.80. The molecule has 2 heteroatoms. The first kappa shape index (κ1) is 11.1. The number of rotatable bonds is 4. The summed E-state index contributed by atoms with van der Waals surface area (Å²) in [5.41, 5.74) is 8.23. The second-order valence-electron chi connectivity index (χ2n) is 3.80. The monoisotopic (exact) mass is 193 g/mol. The van der Waals surface area contributed by atoms with E-state index in [9.17, 15) is 0 Å². The van der Waals surface area contributed by atoms with E-state index >= 15 is 0 Å². The van der Waals surface area contributed by atoms with Crippen LogP contribution in [0.15, 0.2) is 18.2 Å². The fourth-order valence-electron chi connectivity index (χ4n) is 1.34. The Bertz CT molecular complexity index is 276. The first-order valence-corrected chi connectivity index (χ1v) is 5.08. The molecule has 0 heterocycles. The van der Waals surface area contributed by atoms with Crippen molar-refractivity contribution in [2.45, 2.75) is 33.2 Å². The SMILES string of the molecule is CC[C@@H](N)COc1cc(C)cc(C)c1. The van der Waals surface area contributed by atoms with E-state index < -0.39 is 0 Å². The molecule has 1 atom stereocenters. The summed E-state index contributed by atoms with van der Waals surface area (Å²) in [7, 11) is 0. The minimum absolute atomic E-state index is 0.135. The summed E-state index contributed by atoms with van der Waals surface area (Å²) in [6.45, 7) is 6.80. The molecule has 1 aromatic carbocycles. The molecule has 0 bridgehead atoms. The Balaban J connectivity index is 2.58. The molecule has 0 radical (unpaired) electrons. The summed E-state index contributed by atoms with van der Waals surface area (Å²) in [5.74, 6) is 0.923. The topological polar surface area (TPSA) is 35.2 Å². The van der Waals surface area contributed by atoms with Crippen LogP contribution in [-0.4, -0.2) is 12.6 Å². The third-order valence-electron chi connectivity index (χ3n) is 2.18. The minimum atomic E-state index is 0.135. The Kier molecular flexibility index (Phi) is 3.96.